The number of hydrogen-bond donors (Lipinski definition) is 0. The standard InChI is InChI=1S/C13H11N3O5/c1-8-3-4-10(7-14-8)21-12-11(16(18)19)5-9(6-15-12)13(17)20-2/h3-7H,1-2H3. The number of ether oxygens (including phenoxy) is 2. The van der Waals surface area contributed by atoms with Crippen LogP contribution in [0.4, 0.5) is 5.69 Å². The van der Waals surface area contributed by atoms with E-state index in [2.05, 4.69) is 14.7 Å². The molecule has 2 aromatic rings. The molecule has 0 unspecified atom stereocenters. The van der Waals surface area contributed by atoms with Gasteiger partial charge in [0.2, 0.25) is 0 Å². The lowest BCUT2D eigenvalue weighted by atomic mass is 10.2. The summed E-state index contributed by atoms with van der Waals surface area (Å²) in [4.78, 5) is 29.5. The van der Waals surface area contributed by atoms with Gasteiger partial charge in [-0.3, -0.25) is 15.1 Å². The number of rotatable bonds is 4. The zero-order chi connectivity index (χ0) is 15.4. The van der Waals surface area contributed by atoms with Crippen LogP contribution >= 0.6 is 0 Å². The highest BCUT2D eigenvalue weighted by Crippen LogP contribution is 2.29. The Hall–Kier alpha value is -3.03. The van der Waals surface area contributed by atoms with Crippen LogP contribution in [0.3, 0.4) is 0 Å². The summed E-state index contributed by atoms with van der Waals surface area (Å²) in [6, 6.07) is 4.36. The molecule has 2 aromatic heterocycles. The Labute approximate surface area is 119 Å². The minimum Gasteiger partial charge on any atom is -0.465 e. The highest BCUT2D eigenvalue weighted by molar-refractivity contribution is 5.89. The molecule has 0 N–H and O–H groups in total. The summed E-state index contributed by atoms with van der Waals surface area (Å²) < 4.78 is 9.82. The van der Waals surface area contributed by atoms with Gasteiger partial charge >= 0.3 is 11.7 Å². The Morgan fingerprint density at radius 2 is 2.05 bits per heavy atom. The van der Waals surface area contributed by atoms with Crippen molar-refractivity contribution < 1.29 is 19.2 Å². The van der Waals surface area contributed by atoms with E-state index in [0.29, 0.717) is 5.75 Å². The summed E-state index contributed by atoms with van der Waals surface area (Å²) in [6.45, 7) is 1.80. The molecule has 0 saturated carbocycles. The zero-order valence-electron chi connectivity index (χ0n) is 11.3. The largest absolute Gasteiger partial charge is 0.465 e. The molecule has 0 spiro atoms. The third kappa shape index (κ3) is 3.30. The highest BCUT2D eigenvalue weighted by atomic mass is 16.6. The van der Waals surface area contributed by atoms with Gasteiger partial charge in [-0.15, -0.1) is 0 Å². The SMILES string of the molecule is COC(=O)c1cnc(Oc2ccc(C)nc2)c([N+](=O)[O-])c1. The normalized spacial score (nSPS) is 10.0. The molecule has 0 atom stereocenters. The van der Waals surface area contributed by atoms with Crippen molar-refractivity contribution >= 4 is 11.7 Å². The summed E-state index contributed by atoms with van der Waals surface area (Å²) in [5.74, 6) is -0.630. The van der Waals surface area contributed by atoms with Crippen LogP contribution in [-0.4, -0.2) is 28.0 Å². The van der Waals surface area contributed by atoms with Crippen molar-refractivity contribution in [2.24, 2.45) is 0 Å². The molecule has 0 amide bonds. The van der Waals surface area contributed by atoms with Crippen LogP contribution < -0.4 is 4.74 Å². The average Bonchev–Trinajstić information content (AvgIpc) is 2.49. The Morgan fingerprint density at radius 3 is 2.62 bits per heavy atom. The molecule has 0 radical (unpaired) electrons. The predicted octanol–water partition coefficient (Wildman–Crippen LogP) is 2.27. The molecule has 8 nitrogen and oxygen atoms in total. The van der Waals surface area contributed by atoms with Crippen LogP contribution in [0.2, 0.25) is 0 Å². The lowest BCUT2D eigenvalue weighted by Gasteiger charge is -2.06. The maximum absolute atomic E-state index is 11.4. The van der Waals surface area contributed by atoms with Gasteiger partial charge in [0.05, 0.1) is 23.8 Å². The molecule has 0 aromatic carbocycles. The molecule has 21 heavy (non-hydrogen) atoms. The molecular formula is C13H11N3O5. The van der Waals surface area contributed by atoms with Crippen LogP contribution in [0.1, 0.15) is 16.1 Å². The van der Waals surface area contributed by atoms with Crippen LogP contribution in [0.25, 0.3) is 0 Å². The molecule has 0 bridgehead atoms. The fourth-order valence-electron chi connectivity index (χ4n) is 1.51. The number of nitro groups is 1. The Kier molecular flexibility index (Phi) is 4.07. The van der Waals surface area contributed by atoms with Gasteiger partial charge in [0.25, 0.3) is 5.88 Å². The fourth-order valence-corrected chi connectivity index (χ4v) is 1.51. The number of carbonyl (C=O) groups is 1. The predicted molar refractivity (Wildman–Crippen MR) is 71.3 cm³/mol. The van der Waals surface area contributed by atoms with Crippen LogP contribution in [-0.2, 0) is 4.74 Å². The van der Waals surface area contributed by atoms with Gasteiger partial charge in [0.15, 0.2) is 0 Å². The smallest absolute Gasteiger partial charge is 0.339 e. The van der Waals surface area contributed by atoms with E-state index in [1.54, 1.807) is 19.1 Å². The number of carbonyl (C=O) groups excluding carboxylic acids is 1. The van der Waals surface area contributed by atoms with E-state index < -0.39 is 16.6 Å². The number of hydrogen-bond acceptors (Lipinski definition) is 7. The Balaban J connectivity index is 2.36. The third-order valence-electron chi connectivity index (χ3n) is 2.55. The summed E-state index contributed by atoms with van der Waals surface area (Å²) >= 11 is 0. The average molecular weight is 289 g/mol. The van der Waals surface area contributed by atoms with Gasteiger partial charge in [-0.25, -0.2) is 9.78 Å². The van der Waals surface area contributed by atoms with Gasteiger partial charge < -0.3 is 9.47 Å². The number of aryl methyl sites for hydroxylation is 1. The minimum absolute atomic E-state index is 0.0291. The number of aromatic nitrogens is 2. The topological polar surface area (TPSA) is 104 Å². The monoisotopic (exact) mass is 289 g/mol. The molecule has 0 fully saturated rings. The summed E-state index contributed by atoms with van der Waals surface area (Å²) in [5.41, 5.74) is 0.322. The summed E-state index contributed by atoms with van der Waals surface area (Å²) in [6.07, 6.45) is 2.57. The van der Waals surface area contributed by atoms with Gasteiger partial charge in [0.1, 0.15) is 5.75 Å². The molecule has 0 aliphatic heterocycles. The number of pyridine rings is 2. The van der Waals surface area contributed by atoms with Crippen molar-refractivity contribution in [3.8, 4) is 11.6 Å². The number of methoxy groups -OCH3 is 1. The lowest BCUT2D eigenvalue weighted by Crippen LogP contribution is -2.04. The second-order valence-corrected chi connectivity index (χ2v) is 4.03. The van der Waals surface area contributed by atoms with Gasteiger partial charge in [0, 0.05) is 18.0 Å². The first-order valence-electron chi connectivity index (χ1n) is 5.84. The second-order valence-electron chi connectivity index (χ2n) is 4.03. The van der Waals surface area contributed by atoms with Crippen LogP contribution in [0.15, 0.2) is 30.6 Å². The van der Waals surface area contributed by atoms with E-state index in [9.17, 15) is 14.9 Å². The van der Waals surface area contributed by atoms with Crippen molar-refractivity contribution in [1.29, 1.82) is 0 Å². The molecule has 108 valence electrons. The summed E-state index contributed by atoms with van der Waals surface area (Å²) in [7, 11) is 1.18. The number of nitrogens with zero attached hydrogens (tertiary/aromatic N) is 3. The van der Waals surface area contributed by atoms with Crippen molar-refractivity contribution in [1.82, 2.24) is 9.97 Å². The molecule has 0 saturated heterocycles. The van der Waals surface area contributed by atoms with E-state index in [-0.39, 0.29) is 11.4 Å². The van der Waals surface area contributed by atoms with E-state index in [0.717, 1.165) is 18.0 Å². The fraction of sp³-hybridized carbons (Fsp3) is 0.154. The van der Waals surface area contributed by atoms with Crippen molar-refractivity contribution in [2.75, 3.05) is 7.11 Å². The molecule has 2 rings (SSSR count). The van der Waals surface area contributed by atoms with Gasteiger partial charge in [-0.1, -0.05) is 0 Å². The van der Waals surface area contributed by atoms with E-state index in [1.807, 2.05) is 0 Å². The lowest BCUT2D eigenvalue weighted by molar-refractivity contribution is -0.386. The molecular weight excluding hydrogens is 278 g/mol. The quantitative estimate of drug-likeness (QED) is 0.483. The Bertz CT molecular complexity index is 685. The van der Waals surface area contributed by atoms with Gasteiger partial charge in [-0.2, -0.15) is 0 Å². The zero-order valence-corrected chi connectivity index (χ0v) is 11.3. The molecule has 8 heteroatoms. The molecule has 2 heterocycles. The molecule has 0 aliphatic carbocycles. The van der Waals surface area contributed by atoms with Crippen LogP contribution in [0.5, 0.6) is 11.6 Å². The van der Waals surface area contributed by atoms with Crippen molar-refractivity contribution in [3.63, 3.8) is 0 Å². The van der Waals surface area contributed by atoms with E-state index in [1.165, 1.54) is 13.3 Å². The summed E-state index contributed by atoms with van der Waals surface area (Å²) in [5, 5.41) is 11.0. The van der Waals surface area contributed by atoms with Crippen LogP contribution in [0, 0.1) is 17.0 Å². The third-order valence-corrected chi connectivity index (χ3v) is 2.55. The first kappa shape index (κ1) is 14.4. The maximum Gasteiger partial charge on any atom is 0.339 e. The first-order chi connectivity index (χ1) is 10.0. The van der Waals surface area contributed by atoms with Crippen molar-refractivity contribution in [2.45, 2.75) is 6.92 Å². The van der Waals surface area contributed by atoms with Crippen molar-refractivity contribution in [3.05, 3.63) is 52.0 Å². The van der Waals surface area contributed by atoms with E-state index in [4.69, 9.17) is 4.74 Å². The maximum atomic E-state index is 11.4. The van der Waals surface area contributed by atoms with E-state index >= 15 is 0 Å². The second kappa shape index (κ2) is 5.95. The first-order valence-corrected chi connectivity index (χ1v) is 5.84. The van der Waals surface area contributed by atoms with Gasteiger partial charge in [-0.05, 0) is 19.1 Å². The Morgan fingerprint density at radius 1 is 1.29 bits per heavy atom. The minimum atomic E-state index is -0.714. The molecule has 0 aliphatic rings. The highest BCUT2D eigenvalue weighted by Gasteiger charge is 2.21. The number of esters is 1.